The topological polar surface area (TPSA) is 35.8 Å². The van der Waals surface area contributed by atoms with Crippen molar-refractivity contribution in [2.45, 2.75) is 75.3 Å². The van der Waals surface area contributed by atoms with Crippen LogP contribution in [0.4, 0.5) is 0 Å². The van der Waals surface area contributed by atoms with Gasteiger partial charge in [-0.25, -0.2) is 0 Å². The van der Waals surface area contributed by atoms with E-state index in [0.29, 0.717) is 5.54 Å². The summed E-state index contributed by atoms with van der Waals surface area (Å²) in [7, 11) is 0. The summed E-state index contributed by atoms with van der Waals surface area (Å²) in [6, 6.07) is 2.64. The van der Waals surface area contributed by atoms with Crippen LogP contribution >= 0.6 is 0 Å². The summed E-state index contributed by atoms with van der Waals surface area (Å²) >= 11 is 0. The SMILES string of the molecule is N#CC1(NC23CC4CC(CC(C4)C2)C3)CCCC1. The molecule has 0 unspecified atom stereocenters. The summed E-state index contributed by atoms with van der Waals surface area (Å²) in [5, 5.41) is 13.5. The number of nitriles is 1. The van der Waals surface area contributed by atoms with Crippen molar-refractivity contribution in [2.24, 2.45) is 17.8 Å². The van der Waals surface area contributed by atoms with Gasteiger partial charge in [-0.1, -0.05) is 12.8 Å². The summed E-state index contributed by atoms with van der Waals surface area (Å²) in [6.45, 7) is 0. The third-order valence-corrected chi connectivity index (χ3v) is 6.21. The van der Waals surface area contributed by atoms with Gasteiger partial charge >= 0.3 is 0 Å². The summed E-state index contributed by atoms with van der Waals surface area (Å²) < 4.78 is 0. The highest BCUT2D eigenvalue weighted by Crippen LogP contribution is 2.56. The van der Waals surface area contributed by atoms with Crippen LogP contribution in [0.15, 0.2) is 0 Å². The maximum atomic E-state index is 9.61. The van der Waals surface area contributed by atoms with Crippen molar-refractivity contribution >= 4 is 0 Å². The molecule has 0 aromatic heterocycles. The third kappa shape index (κ3) is 1.63. The summed E-state index contributed by atoms with van der Waals surface area (Å²) in [5.74, 6) is 2.92. The standard InChI is InChI=1S/C16H24N2/c17-11-15(3-1-2-4-15)18-16-8-12-5-13(9-16)7-14(6-12)10-16/h12-14,18H,1-10H2. The van der Waals surface area contributed by atoms with E-state index in [1.165, 1.54) is 51.4 Å². The molecular weight excluding hydrogens is 220 g/mol. The van der Waals surface area contributed by atoms with Gasteiger partial charge in [0, 0.05) is 5.54 Å². The van der Waals surface area contributed by atoms with Crippen molar-refractivity contribution in [2.75, 3.05) is 0 Å². The molecule has 98 valence electrons. The monoisotopic (exact) mass is 244 g/mol. The van der Waals surface area contributed by atoms with Gasteiger partial charge in [0.25, 0.3) is 0 Å². The van der Waals surface area contributed by atoms with Crippen LogP contribution in [-0.2, 0) is 0 Å². The van der Waals surface area contributed by atoms with Gasteiger partial charge < -0.3 is 0 Å². The minimum atomic E-state index is -0.161. The van der Waals surface area contributed by atoms with Crippen LogP contribution in [-0.4, -0.2) is 11.1 Å². The average molecular weight is 244 g/mol. The van der Waals surface area contributed by atoms with E-state index < -0.39 is 0 Å². The van der Waals surface area contributed by atoms with Gasteiger partial charge in [-0.05, 0) is 69.1 Å². The molecule has 0 radical (unpaired) electrons. The molecule has 0 aromatic rings. The third-order valence-electron chi connectivity index (χ3n) is 6.21. The maximum absolute atomic E-state index is 9.61. The number of nitrogens with zero attached hydrogens (tertiary/aromatic N) is 1. The quantitative estimate of drug-likeness (QED) is 0.808. The van der Waals surface area contributed by atoms with Crippen LogP contribution in [0.2, 0.25) is 0 Å². The summed E-state index contributed by atoms with van der Waals surface area (Å²) in [5.41, 5.74) is 0.195. The predicted octanol–water partition coefficient (Wildman–Crippen LogP) is 3.38. The first-order valence-electron chi connectivity index (χ1n) is 7.92. The minimum absolute atomic E-state index is 0.161. The zero-order chi connectivity index (χ0) is 12.2. The summed E-state index contributed by atoms with van der Waals surface area (Å²) in [4.78, 5) is 0. The maximum Gasteiger partial charge on any atom is 0.107 e. The molecule has 2 nitrogen and oxygen atoms in total. The molecule has 5 aliphatic rings. The Kier molecular flexibility index (Phi) is 2.34. The van der Waals surface area contributed by atoms with Crippen LogP contribution in [0.1, 0.15) is 64.2 Å². The Morgan fingerprint density at radius 3 is 1.83 bits per heavy atom. The lowest BCUT2D eigenvalue weighted by molar-refractivity contribution is -0.0302. The average Bonchev–Trinajstić information content (AvgIpc) is 2.75. The molecular formula is C16H24N2. The second-order valence-electron chi connectivity index (χ2n) is 7.72. The number of hydrogen-bond donors (Lipinski definition) is 1. The van der Waals surface area contributed by atoms with Crippen LogP contribution in [0.25, 0.3) is 0 Å². The van der Waals surface area contributed by atoms with E-state index in [9.17, 15) is 5.26 Å². The molecule has 2 heteroatoms. The van der Waals surface area contributed by atoms with Crippen molar-refractivity contribution in [3.05, 3.63) is 0 Å². The predicted molar refractivity (Wildman–Crippen MR) is 70.9 cm³/mol. The van der Waals surface area contributed by atoms with Crippen LogP contribution in [0.3, 0.4) is 0 Å². The van der Waals surface area contributed by atoms with Crippen molar-refractivity contribution in [1.29, 1.82) is 5.26 Å². The molecule has 0 atom stereocenters. The van der Waals surface area contributed by atoms with Crippen molar-refractivity contribution in [3.8, 4) is 6.07 Å². The second kappa shape index (κ2) is 3.73. The molecule has 4 bridgehead atoms. The first kappa shape index (κ1) is 11.3. The van der Waals surface area contributed by atoms with Crippen LogP contribution in [0, 0.1) is 29.1 Å². The molecule has 0 amide bonds. The lowest BCUT2D eigenvalue weighted by Gasteiger charge is -2.58. The van der Waals surface area contributed by atoms with Crippen molar-refractivity contribution in [1.82, 2.24) is 5.32 Å². The van der Waals surface area contributed by atoms with Crippen LogP contribution in [0.5, 0.6) is 0 Å². The second-order valence-corrected chi connectivity index (χ2v) is 7.72. The van der Waals surface area contributed by atoms with Gasteiger partial charge in [0.1, 0.15) is 5.54 Å². The van der Waals surface area contributed by atoms with E-state index >= 15 is 0 Å². The Balaban J connectivity index is 1.59. The molecule has 5 fully saturated rings. The number of nitrogens with one attached hydrogen (secondary N) is 1. The van der Waals surface area contributed by atoms with E-state index in [1.54, 1.807) is 0 Å². The van der Waals surface area contributed by atoms with Crippen LogP contribution < -0.4 is 5.32 Å². The van der Waals surface area contributed by atoms with Crippen molar-refractivity contribution in [3.63, 3.8) is 0 Å². The highest BCUT2D eigenvalue weighted by molar-refractivity contribution is 5.16. The van der Waals surface area contributed by atoms with E-state index in [0.717, 1.165) is 30.6 Å². The Labute approximate surface area is 110 Å². The van der Waals surface area contributed by atoms with Gasteiger partial charge in [-0.15, -0.1) is 0 Å². The van der Waals surface area contributed by atoms with E-state index in [1.807, 2.05) is 0 Å². The molecule has 0 spiro atoms. The fourth-order valence-corrected chi connectivity index (χ4v) is 6.01. The summed E-state index contributed by atoms with van der Waals surface area (Å²) in [6.07, 6.45) is 13.2. The first-order chi connectivity index (χ1) is 8.71. The first-order valence-corrected chi connectivity index (χ1v) is 7.92. The molecule has 1 N–H and O–H groups in total. The van der Waals surface area contributed by atoms with Gasteiger partial charge in [0.05, 0.1) is 6.07 Å². The largest absolute Gasteiger partial charge is 0.294 e. The fourth-order valence-electron chi connectivity index (χ4n) is 6.01. The molecule has 0 heterocycles. The van der Waals surface area contributed by atoms with E-state index in [4.69, 9.17) is 0 Å². The Morgan fingerprint density at radius 1 is 0.889 bits per heavy atom. The van der Waals surface area contributed by atoms with E-state index in [-0.39, 0.29) is 5.54 Å². The number of rotatable bonds is 2. The lowest BCUT2D eigenvalue weighted by atomic mass is 9.52. The Morgan fingerprint density at radius 2 is 1.39 bits per heavy atom. The molecule has 0 aliphatic heterocycles. The Hall–Kier alpha value is -0.550. The minimum Gasteiger partial charge on any atom is -0.294 e. The fraction of sp³-hybridized carbons (Fsp3) is 0.938. The molecule has 5 aliphatic carbocycles. The number of hydrogen-bond acceptors (Lipinski definition) is 2. The van der Waals surface area contributed by atoms with Gasteiger partial charge in [0.2, 0.25) is 0 Å². The zero-order valence-corrected chi connectivity index (χ0v) is 11.3. The molecule has 0 saturated heterocycles. The highest BCUT2D eigenvalue weighted by atomic mass is 15.1. The highest BCUT2D eigenvalue weighted by Gasteiger charge is 2.53. The lowest BCUT2D eigenvalue weighted by Crippen LogP contribution is -2.64. The Bertz CT molecular complexity index is 351. The van der Waals surface area contributed by atoms with Gasteiger partial charge in [-0.3, -0.25) is 5.32 Å². The molecule has 0 aromatic carbocycles. The molecule has 18 heavy (non-hydrogen) atoms. The zero-order valence-electron chi connectivity index (χ0n) is 11.3. The van der Waals surface area contributed by atoms with Gasteiger partial charge in [0.15, 0.2) is 0 Å². The van der Waals surface area contributed by atoms with Crippen molar-refractivity contribution < 1.29 is 0 Å². The molecule has 5 saturated carbocycles. The smallest absolute Gasteiger partial charge is 0.107 e. The molecule has 5 rings (SSSR count). The van der Waals surface area contributed by atoms with Gasteiger partial charge in [-0.2, -0.15) is 5.26 Å². The van der Waals surface area contributed by atoms with E-state index in [2.05, 4.69) is 11.4 Å². The normalized spacial score (nSPS) is 48.3.